The van der Waals surface area contributed by atoms with Gasteiger partial charge >= 0.3 is 0 Å². The summed E-state index contributed by atoms with van der Waals surface area (Å²) in [6, 6.07) is 11.0. The molecule has 2 aromatic rings. The topological polar surface area (TPSA) is 68.3 Å². The van der Waals surface area contributed by atoms with Crippen LogP contribution < -0.4 is 14.2 Å². The number of unbranched alkanes of at least 4 members (excludes halogenated alkanes) is 3. The summed E-state index contributed by atoms with van der Waals surface area (Å²) in [7, 11) is 6.50. The number of hydrogen-bond donors (Lipinski definition) is 0. The van der Waals surface area contributed by atoms with Crippen molar-refractivity contribution in [3.05, 3.63) is 42.0 Å². The Morgan fingerprint density at radius 3 is 2.00 bits per heavy atom. The zero-order chi connectivity index (χ0) is 25.5. The van der Waals surface area contributed by atoms with Crippen LogP contribution in [0.5, 0.6) is 17.2 Å². The molecule has 0 radical (unpaired) electrons. The third-order valence-electron chi connectivity index (χ3n) is 6.84. The molecule has 1 saturated heterocycles. The first-order valence-electron chi connectivity index (χ1n) is 12.3. The maximum absolute atomic E-state index is 13.3. The monoisotopic (exact) mass is 482 g/mol. The molecule has 190 valence electrons. The van der Waals surface area contributed by atoms with Crippen LogP contribution in [-0.4, -0.2) is 68.6 Å². The second kappa shape index (κ2) is 12.0. The zero-order valence-electron chi connectivity index (χ0n) is 21.8. The summed E-state index contributed by atoms with van der Waals surface area (Å²) in [4.78, 5) is 29.6. The molecule has 2 atom stereocenters. The number of carbonyl (C=O) groups excluding carboxylic acids is 2. The number of amides is 2. The highest BCUT2D eigenvalue weighted by Gasteiger charge is 2.41. The van der Waals surface area contributed by atoms with Crippen LogP contribution >= 0.6 is 0 Å². The minimum Gasteiger partial charge on any atom is -0.493 e. The Morgan fingerprint density at radius 2 is 1.46 bits per heavy atom. The predicted molar refractivity (Wildman–Crippen MR) is 137 cm³/mol. The molecule has 0 aromatic heterocycles. The smallest absolute Gasteiger partial charge is 0.246 e. The van der Waals surface area contributed by atoms with Crippen LogP contribution in [0.4, 0.5) is 0 Å². The molecule has 3 rings (SSSR count). The molecule has 1 aliphatic heterocycles. The lowest BCUT2D eigenvalue weighted by Crippen LogP contribution is -2.63. The van der Waals surface area contributed by atoms with Crippen molar-refractivity contribution in [2.75, 3.05) is 34.9 Å². The third kappa shape index (κ3) is 5.72. The summed E-state index contributed by atoms with van der Waals surface area (Å²) in [6.07, 6.45) is 4.77. The Bertz CT molecular complexity index is 996. The molecule has 1 heterocycles. The maximum atomic E-state index is 13.3. The summed E-state index contributed by atoms with van der Waals surface area (Å²) < 4.78 is 16.4. The van der Waals surface area contributed by atoms with Gasteiger partial charge in [0.05, 0.1) is 21.3 Å². The maximum Gasteiger partial charge on any atom is 0.246 e. The standard InChI is InChI=1S/C28H38N2O5/c1-7-8-9-10-15-30-19(2)27(31)29(3)23(28(30)32)16-20-11-13-21(14-12-20)22-17-24(33-4)26(35-6)25(18-22)34-5/h11-14,17-19,23H,7-10,15-16H2,1-6H3/t19-,23?/m0/s1. The van der Waals surface area contributed by atoms with Gasteiger partial charge in [0.1, 0.15) is 12.1 Å². The second-order valence-corrected chi connectivity index (χ2v) is 9.05. The Morgan fingerprint density at radius 1 is 0.829 bits per heavy atom. The van der Waals surface area contributed by atoms with E-state index in [1.54, 1.807) is 38.2 Å². The van der Waals surface area contributed by atoms with E-state index in [1.807, 2.05) is 43.3 Å². The van der Waals surface area contributed by atoms with Crippen molar-refractivity contribution in [1.82, 2.24) is 9.80 Å². The number of hydrogen-bond acceptors (Lipinski definition) is 5. The van der Waals surface area contributed by atoms with Gasteiger partial charge in [-0.25, -0.2) is 0 Å². The van der Waals surface area contributed by atoms with Crippen LogP contribution in [0.25, 0.3) is 11.1 Å². The van der Waals surface area contributed by atoms with E-state index >= 15 is 0 Å². The van der Waals surface area contributed by atoms with Crippen molar-refractivity contribution in [3.8, 4) is 28.4 Å². The number of piperazine rings is 1. The average Bonchev–Trinajstić information content (AvgIpc) is 2.89. The van der Waals surface area contributed by atoms with Gasteiger partial charge < -0.3 is 24.0 Å². The lowest BCUT2D eigenvalue weighted by Gasteiger charge is -2.42. The average molecular weight is 483 g/mol. The SMILES string of the molecule is CCCCCCN1C(=O)C(Cc2ccc(-c3cc(OC)c(OC)c(OC)c3)cc2)N(C)C(=O)[C@@H]1C. The van der Waals surface area contributed by atoms with Crippen LogP contribution in [-0.2, 0) is 16.0 Å². The first kappa shape index (κ1) is 26.4. The minimum atomic E-state index is -0.489. The number of carbonyl (C=O) groups is 2. The van der Waals surface area contributed by atoms with Gasteiger partial charge in [-0.3, -0.25) is 9.59 Å². The fourth-order valence-corrected chi connectivity index (χ4v) is 4.67. The molecular weight excluding hydrogens is 444 g/mol. The van der Waals surface area contributed by atoms with Crippen molar-refractivity contribution in [1.29, 1.82) is 0 Å². The predicted octanol–water partition coefficient (Wildman–Crippen LogP) is 4.56. The number of ether oxygens (including phenoxy) is 3. The highest BCUT2D eigenvalue weighted by atomic mass is 16.5. The molecular formula is C28H38N2O5. The number of rotatable bonds is 11. The first-order valence-corrected chi connectivity index (χ1v) is 12.3. The summed E-state index contributed by atoms with van der Waals surface area (Å²) in [5, 5.41) is 0. The molecule has 7 heteroatoms. The van der Waals surface area contributed by atoms with Crippen LogP contribution in [0.1, 0.15) is 45.1 Å². The molecule has 2 amide bonds. The second-order valence-electron chi connectivity index (χ2n) is 9.05. The summed E-state index contributed by atoms with van der Waals surface area (Å²) >= 11 is 0. The van der Waals surface area contributed by atoms with Crippen molar-refractivity contribution in [3.63, 3.8) is 0 Å². The van der Waals surface area contributed by atoms with Crippen LogP contribution in [0, 0.1) is 0 Å². The van der Waals surface area contributed by atoms with E-state index in [-0.39, 0.29) is 11.8 Å². The van der Waals surface area contributed by atoms with Gasteiger partial charge in [-0.05, 0) is 42.2 Å². The van der Waals surface area contributed by atoms with Gasteiger partial charge in [0.25, 0.3) is 0 Å². The lowest BCUT2D eigenvalue weighted by atomic mass is 9.96. The summed E-state index contributed by atoms with van der Waals surface area (Å²) in [6.45, 7) is 4.63. The molecule has 1 unspecified atom stereocenters. The van der Waals surface area contributed by atoms with Crippen LogP contribution in [0.2, 0.25) is 0 Å². The number of likely N-dealkylation sites (N-methyl/N-ethyl adjacent to an activating group) is 1. The van der Waals surface area contributed by atoms with E-state index in [4.69, 9.17) is 14.2 Å². The molecule has 0 saturated carbocycles. The Labute approximate surface area is 209 Å². The van der Waals surface area contributed by atoms with E-state index in [0.29, 0.717) is 30.2 Å². The molecule has 35 heavy (non-hydrogen) atoms. The third-order valence-corrected chi connectivity index (χ3v) is 6.84. The van der Waals surface area contributed by atoms with Crippen LogP contribution in [0.3, 0.4) is 0 Å². The lowest BCUT2D eigenvalue weighted by molar-refractivity contribution is -0.159. The molecule has 0 N–H and O–H groups in total. The molecule has 7 nitrogen and oxygen atoms in total. The number of methoxy groups -OCH3 is 3. The van der Waals surface area contributed by atoms with E-state index in [9.17, 15) is 9.59 Å². The van der Waals surface area contributed by atoms with Gasteiger partial charge in [-0.2, -0.15) is 0 Å². The molecule has 0 bridgehead atoms. The minimum absolute atomic E-state index is 0.000801. The fraction of sp³-hybridized carbons (Fsp3) is 0.500. The van der Waals surface area contributed by atoms with E-state index in [2.05, 4.69) is 6.92 Å². The van der Waals surface area contributed by atoms with Crippen molar-refractivity contribution >= 4 is 11.8 Å². The normalized spacial score (nSPS) is 18.1. The Hall–Kier alpha value is -3.22. The Balaban J connectivity index is 1.78. The van der Waals surface area contributed by atoms with E-state index < -0.39 is 12.1 Å². The number of nitrogens with zero attached hydrogens (tertiary/aromatic N) is 2. The van der Waals surface area contributed by atoms with Gasteiger partial charge in [-0.1, -0.05) is 50.5 Å². The first-order chi connectivity index (χ1) is 16.9. The molecule has 1 fully saturated rings. The molecule has 2 aromatic carbocycles. The fourth-order valence-electron chi connectivity index (χ4n) is 4.67. The quantitative estimate of drug-likeness (QED) is 0.439. The van der Waals surface area contributed by atoms with Gasteiger partial charge in [0.15, 0.2) is 11.5 Å². The summed E-state index contributed by atoms with van der Waals surface area (Å²) in [5.74, 6) is 1.76. The van der Waals surface area contributed by atoms with E-state index in [1.165, 1.54) is 0 Å². The van der Waals surface area contributed by atoms with Crippen molar-refractivity contribution < 1.29 is 23.8 Å². The van der Waals surface area contributed by atoms with Crippen molar-refractivity contribution in [2.45, 2.75) is 58.0 Å². The largest absolute Gasteiger partial charge is 0.493 e. The van der Waals surface area contributed by atoms with Gasteiger partial charge in [0, 0.05) is 20.0 Å². The summed E-state index contributed by atoms with van der Waals surface area (Å²) in [5.41, 5.74) is 2.91. The van der Waals surface area contributed by atoms with Crippen LogP contribution in [0.15, 0.2) is 36.4 Å². The highest BCUT2D eigenvalue weighted by Crippen LogP contribution is 2.41. The Kier molecular flexibility index (Phi) is 9.01. The molecule has 0 aliphatic carbocycles. The number of benzene rings is 2. The van der Waals surface area contributed by atoms with E-state index in [0.717, 1.165) is 42.4 Å². The van der Waals surface area contributed by atoms with Gasteiger partial charge in [0.2, 0.25) is 17.6 Å². The molecule has 0 spiro atoms. The van der Waals surface area contributed by atoms with Gasteiger partial charge in [-0.15, -0.1) is 0 Å². The van der Waals surface area contributed by atoms with Crippen molar-refractivity contribution in [2.24, 2.45) is 0 Å². The molecule has 1 aliphatic rings. The zero-order valence-corrected chi connectivity index (χ0v) is 21.8. The highest BCUT2D eigenvalue weighted by molar-refractivity contribution is 5.96.